The molecule has 0 unspecified atom stereocenters. The van der Waals surface area contributed by atoms with Gasteiger partial charge in [0.05, 0.1) is 9.82 Å². The minimum absolute atomic E-state index is 0.175. The van der Waals surface area contributed by atoms with Crippen LogP contribution in [-0.2, 0) is 0 Å². The Morgan fingerprint density at radius 3 is 2.77 bits per heavy atom. The molecular formula is C8H9NO2S2. The first kappa shape index (κ1) is 10.4. The van der Waals surface area contributed by atoms with Crippen LogP contribution in [0.25, 0.3) is 0 Å². The zero-order valence-corrected chi connectivity index (χ0v) is 8.55. The predicted molar refractivity (Wildman–Crippen MR) is 57.7 cm³/mol. The van der Waals surface area contributed by atoms with Crippen molar-refractivity contribution in [3.05, 3.63) is 34.4 Å². The van der Waals surface area contributed by atoms with Crippen LogP contribution in [0.2, 0.25) is 0 Å². The fraction of sp³-hybridized carbons (Fsp3) is 0.250. The summed E-state index contributed by atoms with van der Waals surface area (Å²) >= 11 is 5.50. The maximum atomic E-state index is 10.6. The smallest absolute Gasteiger partial charge is 0.258 e. The van der Waals surface area contributed by atoms with Crippen molar-refractivity contribution in [2.75, 3.05) is 11.5 Å². The summed E-state index contributed by atoms with van der Waals surface area (Å²) in [4.78, 5) is 10.9. The van der Waals surface area contributed by atoms with Crippen LogP contribution in [0.5, 0.6) is 0 Å². The summed E-state index contributed by atoms with van der Waals surface area (Å²) in [6.45, 7) is 0. The Bertz CT molecular complexity index is 304. The Hall–Kier alpha value is -0.680. The van der Waals surface area contributed by atoms with E-state index in [9.17, 15) is 10.1 Å². The molecule has 3 nitrogen and oxygen atoms in total. The molecule has 0 aromatic heterocycles. The van der Waals surface area contributed by atoms with Crippen molar-refractivity contribution in [2.24, 2.45) is 0 Å². The molecule has 0 spiro atoms. The lowest BCUT2D eigenvalue weighted by Gasteiger charge is -1.99. The van der Waals surface area contributed by atoms with Crippen LogP contribution in [0.3, 0.4) is 0 Å². The van der Waals surface area contributed by atoms with Crippen LogP contribution in [-0.4, -0.2) is 16.4 Å². The van der Waals surface area contributed by atoms with E-state index in [1.807, 2.05) is 0 Å². The Balaban J connectivity index is 2.84. The van der Waals surface area contributed by atoms with Crippen LogP contribution in [0.15, 0.2) is 29.2 Å². The lowest BCUT2D eigenvalue weighted by Crippen LogP contribution is -1.91. The highest BCUT2D eigenvalue weighted by Crippen LogP contribution is 2.28. The molecule has 0 heterocycles. The quantitative estimate of drug-likeness (QED) is 0.363. The molecule has 0 aliphatic carbocycles. The third-order valence-electron chi connectivity index (χ3n) is 1.41. The van der Waals surface area contributed by atoms with Crippen LogP contribution in [0.1, 0.15) is 0 Å². The van der Waals surface area contributed by atoms with Gasteiger partial charge in [-0.2, -0.15) is 12.6 Å². The standard InChI is InChI=1S/C8H9NO2S2/c10-9(11)7-3-1-2-4-8(7)13-6-5-12/h1-4,12H,5-6H2. The largest absolute Gasteiger partial charge is 0.282 e. The van der Waals surface area contributed by atoms with Crippen molar-refractivity contribution < 1.29 is 4.92 Å². The highest BCUT2D eigenvalue weighted by molar-refractivity contribution is 8.00. The molecule has 0 aliphatic heterocycles. The normalized spacial score (nSPS) is 9.92. The Morgan fingerprint density at radius 1 is 1.46 bits per heavy atom. The topological polar surface area (TPSA) is 43.1 Å². The van der Waals surface area contributed by atoms with E-state index in [2.05, 4.69) is 12.6 Å². The number of hydrogen-bond acceptors (Lipinski definition) is 4. The molecule has 0 bridgehead atoms. The van der Waals surface area contributed by atoms with Crippen molar-refractivity contribution >= 4 is 30.1 Å². The fourth-order valence-corrected chi connectivity index (χ4v) is 1.94. The molecule has 0 radical (unpaired) electrons. The van der Waals surface area contributed by atoms with Gasteiger partial charge in [0, 0.05) is 11.8 Å². The lowest BCUT2D eigenvalue weighted by atomic mass is 10.3. The monoisotopic (exact) mass is 215 g/mol. The third-order valence-corrected chi connectivity index (χ3v) is 3.00. The summed E-state index contributed by atoms with van der Waals surface area (Å²) < 4.78 is 0. The summed E-state index contributed by atoms with van der Waals surface area (Å²) in [7, 11) is 0. The van der Waals surface area contributed by atoms with Crippen molar-refractivity contribution in [1.82, 2.24) is 0 Å². The molecule has 70 valence electrons. The second kappa shape index (κ2) is 5.14. The van der Waals surface area contributed by atoms with Gasteiger partial charge in [-0.25, -0.2) is 0 Å². The number of thioether (sulfide) groups is 1. The molecule has 1 aromatic carbocycles. The van der Waals surface area contributed by atoms with Crippen molar-refractivity contribution in [2.45, 2.75) is 4.90 Å². The molecule has 13 heavy (non-hydrogen) atoms. The van der Waals surface area contributed by atoms with Gasteiger partial charge in [0.2, 0.25) is 0 Å². The van der Waals surface area contributed by atoms with Gasteiger partial charge < -0.3 is 0 Å². The van der Waals surface area contributed by atoms with Gasteiger partial charge in [-0.05, 0) is 11.8 Å². The summed E-state index contributed by atoms with van der Waals surface area (Å²) in [6, 6.07) is 6.74. The Morgan fingerprint density at radius 2 is 2.15 bits per heavy atom. The summed E-state index contributed by atoms with van der Waals surface area (Å²) in [5, 5.41) is 10.6. The van der Waals surface area contributed by atoms with Gasteiger partial charge in [-0.15, -0.1) is 11.8 Å². The van der Waals surface area contributed by atoms with Crippen LogP contribution < -0.4 is 0 Å². The molecule has 0 saturated carbocycles. The van der Waals surface area contributed by atoms with Crippen LogP contribution in [0.4, 0.5) is 5.69 Å². The van der Waals surface area contributed by atoms with Gasteiger partial charge >= 0.3 is 0 Å². The van der Waals surface area contributed by atoms with E-state index in [0.717, 1.165) is 11.5 Å². The fourth-order valence-electron chi connectivity index (χ4n) is 0.886. The molecule has 5 heteroatoms. The highest BCUT2D eigenvalue weighted by Gasteiger charge is 2.11. The number of hydrogen-bond donors (Lipinski definition) is 1. The first-order valence-electron chi connectivity index (χ1n) is 3.73. The number of nitro groups is 1. The molecule has 0 saturated heterocycles. The van der Waals surface area contributed by atoms with Crippen LogP contribution in [0, 0.1) is 10.1 Å². The van der Waals surface area contributed by atoms with Gasteiger partial charge in [0.15, 0.2) is 0 Å². The molecule has 0 amide bonds. The number of benzene rings is 1. The van der Waals surface area contributed by atoms with Crippen LogP contribution >= 0.6 is 24.4 Å². The van der Waals surface area contributed by atoms with Gasteiger partial charge in [0.1, 0.15) is 0 Å². The summed E-state index contributed by atoms with van der Waals surface area (Å²) in [5.41, 5.74) is 0.175. The molecule has 0 N–H and O–H groups in total. The van der Waals surface area contributed by atoms with E-state index < -0.39 is 0 Å². The Kier molecular flexibility index (Phi) is 4.11. The third kappa shape index (κ3) is 2.93. The van der Waals surface area contributed by atoms with E-state index >= 15 is 0 Å². The number of rotatable bonds is 4. The first-order chi connectivity index (χ1) is 6.25. The van der Waals surface area contributed by atoms with E-state index in [1.54, 1.807) is 18.2 Å². The van der Waals surface area contributed by atoms with Gasteiger partial charge in [0.25, 0.3) is 5.69 Å². The molecule has 0 atom stereocenters. The van der Waals surface area contributed by atoms with Crippen molar-refractivity contribution in [3.8, 4) is 0 Å². The van der Waals surface area contributed by atoms with Gasteiger partial charge in [-0.3, -0.25) is 10.1 Å². The SMILES string of the molecule is O=[N+]([O-])c1ccccc1SCCS. The number of nitro benzene ring substituents is 1. The second-order valence-electron chi connectivity index (χ2n) is 2.30. The second-order valence-corrected chi connectivity index (χ2v) is 3.88. The highest BCUT2D eigenvalue weighted by atomic mass is 32.2. The predicted octanol–water partition coefficient (Wildman–Crippen LogP) is 2.62. The van der Waals surface area contributed by atoms with E-state index in [-0.39, 0.29) is 10.6 Å². The average molecular weight is 215 g/mol. The molecule has 1 rings (SSSR count). The summed E-state index contributed by atoms with van der Waals surface area (Å²) in [5.74, 6) is 1.50. The van der Waals surface area contributed by atoms with Gasteiger partial charge in [-0.1, -0.05) is 12.1 Å². The maximum Gasteiger partial charge on any atom is 0.282 e. The number of thiol groups is 1. The number of para-hydroxylation sites is 1. The maximum absolute atomic E-state index is 10.6. The zero-order chi connectivity index (χ0) is 9.68. The minimum atomic E-state index is -0.360. The first-order valence-corrected chi connectivity index (χ1v) is 5.34. The van der Waals surface area contributed by atoms with Crippen molar-refractivity contribution in [1.29, 1.82) is 0 Å². The average Bonchev–Trinajstić information content (AvgIpc) is 2.15. The lowest BCUT2D eigenvalue weighted by molar-refractivity contribution is -0.387. The van der Waals surface area contributed by atoms with E-state index in [1.165, 1.54) is 17.8 Å². The number of nitrogens with zero attached hydrogens (tertiary/aromatic N) is 1. The van der Waals surface area contributed by atoms with Crippen molar-refractivity contribution in [3.63, 3.8) is 0 Å². The van der Waals surface area contributed by atoms with E-state index in [0.29, 0.717) is 4.90 Å². The molecule has 0 aliphatic rings. The molecule has 1 aromatic rings. The minimum Gasteiger partial charge on any atom is -0.258 e. The Labute approximate surface area is 86.1 Å². The molecule has 0 fully saturated rings. The molecular weight excluding hydrogens is 206 g/mol. The summed E-state index contributed by atoms with van der Waals surface area (Å²) in [6.07, 6.45) is 0. The zero-order valence-electron chi connectivity index (χ0n) is 6.84. The van der Waals surface area contributed by atoms with E-state index in [4.69, 9.17) is 0 Å².